The maximum Gasteiger partial charge on any atom is 0.326 e. The van der Waals surface area contributed by atoms with Gasteiger partial charge in [0.1, 0.15) is 17.6 Å². The zero-order valence-electron chi connectivity index (χ0n) is 18.3. The number of ether oxygens (including phenoxy) is 1. The van der Waals surface area contributed by atoms with Crippen LogP contribution in [-0.4, -0.2) is 92.6 Å². The lowest BCUT2D eigenvalue weighted by atomic mass is 9.86. The summed E-state index contributed by atoms with van der Waals surface area (Å²) in [5, 5.41) is 24.4. The summed E-state index contributed by atoms with van der Waals surface area (Å²) < 4.78 is 17.5. The van der Waals surface area contributed by atoms with E-state index in [9.17, 15) is 29.4 Å². The number of aliphatic hydroxyl groups excluding tert-OH is 2. The molecule has 2 aliphatic heterocycles. The SMILES string of the molecule is CC[C@@H]1C[C@@H](C(=O)N[C@H](C(C)C)C2O[C@H](SC)[C@H](CP(=O)(O)O)[C@@H](O)[C@H]2O)N(C)C1. The lowest BCUT2D eigenvalue weighted by Crippen LogP contribution is -2.63. The third-order valence-corrected chi connectivity index (χ3v) is 8.17. The fraction of sp³-hybridized carbons (Fsp3) is 0.947. The fourth-order valence-corrected chi connectivity index (χ4v) is 6.48. The van der Waals surface area contributed by atoms with Crippen molar-refractivity contribution in [2.45, 2.75) is 69.4 Å². The van der Waals surface area contributed by atoms with Crippen LogP contribution in [0.1, 0.15) is 33.6 Å². The van der Waals surface area contributed by atoms with Gasteiger partial charge in [-0.05, 0) is 31.6 Å². The Kier molecular flexibility index (Phi) is 9.23. The topological polar surface area (TPSA) is 140 Å². The number of carbonyl (C=O) groups excluding carboxylic acids is 1. The molecule has 176 valence electrons. The summed E-state index contributed by atoms with van der Waals surface area (Å²) in [7, 11) is -2.48. The van der Waals surface area contributed by atoms with Gasteiger partial charge in [-0.3, -0.25) is 14.3 Å². The van der Waals surface area contributed by atoms with Crippen molar-refractivity contribution in [3.63, 3.8) is 0 Å². The van der Waals surface area contributed by atoms with Gasteiger partial charge in [0.2, 0.25) is 5.91 Å². The van der Waals surface area contributed by atoms with E-state index in [1.165, 1.54) is 11.8 Å². The Labute approximate surface area is 183 Å². The number of likely N-dealkylation sites (tertiary alicyclic amines) is 1. The zero-order valence-corrected chi connectivity index (χ0v) is 20.1. The first-order valence-electron chi connectivity index (χ1n) is 10.5. The third kappa shape index (κ3) is 6.19. The van der Waals surface area contributed by atoms with Crippen LogP contribution in [0.5, 0.6) is 0 Å². The molecule has 2 saturated heterocycles. The molecule has 1 unspecified atom stereocenters. The van der Waals surface area contributed by atoms with Gasteiger partial charge in [0.15, 0.2) is 0 Å². The van der Waals surface area contributed by atoms with Gasteiger partial charge in [-0.15, -0.1) is 11.8 Å². The van der Waals surface area contributed by atoms with Gasteiger partial charge in [0.25, 0.3) is 0 Å². The molecule has 2 aliphatic rings. The Morgan fingerprint density at radius 2 is 1.93 bits per heavy atom. The average Bonchev–Trinajstić information content (AvgIpc) is 3.04. The molecule has 0 radical (unpaired) electrons. The largest absolute Gasteiger partial charge is 0.390 e. The summed E-state index contributed by atoms with van der Waals surface area (Å²) in [6.45, 7) is 6.77. The van der Waals surface area contributed by atoms with Gasteiger partial charge >= 0.3 is 7.60 Å². The maximum absolute atomic E-state index is 13.0. The Morgan fingerprint density at radius 3 is 2.40 bits per heavy atom. The quantitative estimate of drug-likeness (QED) is 0.322. The van der Waals surface area contributed by atoms with Crippen molar-refractivity contribution < 1.29 is 34.1 Å². The van der Waals surface area contributed by atoms with Crippen LogP contribution in [0, 0.1) is 17.8 Å². The van der Waals surface area contributed by atoms with Crippen LogP contribution in [0.25, 0.3) is 0 Å². The van der Waals surface area contributed by atoms with Gasteiger partial charge in [-0.1, -0.05) is 27.2 Å². The number of carbonyl (C=O) groups is 1. The van der Waals surface area contributed by atoms with E-state index in [2.05, 4.69) is 12.2 Å². The molecular weight excluding hydrogens is 431 g/mol. The van der Waals surface area contributed by atoms with Crippen LogP contribution in [0.15, 0.2) is 0 Å². The smallest absolute Gasteiger partial charge is 0.326 e. The second-order valence-electron chi connectivity index (χ2n) is 8.94. The lowest BCUT2D eigenvalue weighted by molar-refractivity contribution is -0.184. The number of amides is 1. The Bertz CT molecular complexity index is 632. The zero-order chi connectivity index (χ0) is 22.8. The molecule has 2 fully saturated rings. The van der Waals surface area contributed by atoms with Gasteiger partial charge in [-0.25, -0.2) is 0 Å². The molecule has 30 heavy (non-hydrogen) atoms. The van der Waals surface area contributed by atoms with E-state index >= 15 is 0 Å². The van der Waals surface area contributed by atoms with Crippen LogP contribution >= 0.6 is 19.4 Å². The molecule has 0 saturated carbocycles. The van der Waals surface area contributed by atoms with E-state index in [1.807, 2.05) is 25.8 Å². The number of likely N-dealkylation sites (N-methyl/N-ethyl adjacent to an activating group) is 1. The number of thioether (sulfide) groups is 1. The minimum Gasteiger partial charge on any atom is -0.390 e. The highest BCUT2D eigenvalue weighted by Crippen LogP contribution is 2.44. The molecule has 2 heterocycles. The first-order chi connectivity index (χ1) is 13.9. The number of nitrogens with one attached hydrogen (secondary N) is 1. The van der Waals surface area contributed by atoms with Crippen molar-refractivity contribution in [1.29, 1.82) is 0 Å². The Hall–Kier alpha value is -0.190. The molecule has 0 aromatic carbocycles. The summed E-state index contributed by atoms with van der Waals surface area (Å²) in [4.78, 5) is 33.7. The van der Waals surface area contributed by atoms with Crippen molar-refractivity contribution in [2.75, 3.05) is 26.0 Å². The predicted octanol–water partition coefficient (Wildman–Crippen LogP) is 0.461. The predicted molar refractivity (Wildman–Crippen MR) is 116 cm³/mol. The summed E-state index contributed by atoms with van der Waals surface area (Å²) >= 11 is 1.22. The standard InChI is InChI=1S/C19H37N2O7PS/c1-6-11-7-13(21(4)8-11)18(24)20-14(10(2)3)17-16(23)15(22)12(9-29(25,26)27)19(28-17)30-5/h10-17,19,22-23H,6-9H2,1-5H3,(H,20,24)(H2,25,26,27)/t11-,12-,13+,14-,15-,16-,17?,19-/m1/s1. The molecule has 9 nitrogen and oxygen atoms in total. The van der Waals surface area contributed by atoms with Crippen LogP contribution in [0.4, 0.5) is 0 Å². The van der Waals surface area contributed by atoms with Crippen molar-refractivity contribution in [3.8, 4) is 0 Å². The lowest BCUT2D eigenvalue weighted by Gasteiger charge is -2.46. The van der Waals surface area contributed by atoms with Crippen molar-refractivity contribution in [1.82, 2.24) is 10.2 Å². The number of nitrogens with zero attached hydrogens (tertiary/aromatic N) is 1. The minimum absolute atomic E-state index is 0.0877. The number of hydrogen-bond acceptors (Lipinski definition) is 7. The third-order valence-electron chi connectivity index (χ3n) is 6.34. The van der Waals surface area contributed by atoms with E-state index in [1.54, 1.807) is 6.26 Å². The van der Waals surface area contributed by atoms with E-state index in [0.29, 0.717) is 5.92 Å². The van der Waals surface area contributed by atoms with Crippen LogP contribution in [0.2, 0.25) is 0 Å². The van der Waals surface area contributed by atoms with Crippen LogP contribution in [0.3, 0.4) is 0 Å². The first kappa shape index (κ1) is 26.1. The molecule has 0 spiro atoms. The van der Waals surface area contributed by atoms with Gasteiger partial charge < -0.3 is 30.1 Å². The molecule has 0 aromatic rings. The molecular formula is C19H37N2O7PS. The van der Waals surface area contributed by atoms with Gasteiger partial charge in [0, 0.05) is 12.5 Å². The van der Waals surface area contributed by atoms with Gasteiger partial charge in [-0.2, -0.15) is 0 Å². The van der Waals surface area contributed by atoms with Gasteiger partial charge in [0.05, 0.1) is 24.3 Å². The number of hydrogen-bond donors (Lipinski definition) is 5. The van der Waals surface area contributed by atoms with E-state index in [4.69, 9.17) is 4.74 Å². The molecule has 1 amide bonds. The summed E-state index contributed by atoms with van der Waals surface area (Å²) in [6, 6.07) is -0.803. The van der Waals surface area contributed by atoms with Crippen LogP contribution in [-0.2, 0) is 14.1 Å². The Balaban J connectivity index is 2.17. The van der Waals surface area contributed by atoms with E-state index in [-0.39, 0.29) is 17.9 Å². The normalized spacial score (nSPS) is 36.8. The molecule has 11 heteroatoms. The van der Waals surface area contributed by atoms with Crippen molar-refractivity contribution in [3.05, 3.63) is 0 Å². The van der Waals surface area contributed by atoms with Crippen molar-refractivity contribution >= 4 is 25.3 Å². The highest BCUT2D eigenvalue weighted by molar-refractivity contribution is 7.99. The average molecular weight is 469 g/mol. The maximum atomic E-state index is 13.0. The van der Waals surface area contributed by atoms with Crippen LogP contribution < -0.4 is 5.32 Å². The molecule has 5 N–H and O–H groups in total. The summed E-state index contributed by atoms with van der Waals surface area (Å²) in [6.07, 6.45) is -0.698. The summed E-state index contributed by atoms with van der Waals surface area (Å²) in [5.74, 6) is -0.663. The molecule has 2 rings (SSSR count). The monoisotopic (exact) mass is 468 g/mol. The molecule has 0 aliphatic carbocycles. The molecule has 8 atom stereocenters. The second kappa shape index (κ2) is 10.6. The fourth-order valence-electron chi connectivity index (χ4n) is 4.54. The molecule has 0 aromatic heterocycles. The minimum atomic E-state index is -4.40. The number of rotatable bonds is 8. The van der Waals surface area contributed by atoms with E-state index in [0.717, 1.165) is 19.4 Å². The highest BCUT2D eigenvalue weighted by atomic mass is 32.2. The second-order valence-corrected chi connectivity index (χ2v) is 11.6. The first-order valence-corrected chi connectivity index (χ1v) is 13.6. The highest BCUT2D eigenvalue weighted by Gasteiger charge is 2.50. The Morgan fingerprint density at radius 1 is 1.30 bits per heavy atom. The van der Waals surface area contributed by atoms with E-state index < -0.39 is 49.5 Å². The summed E-state index contributed by atoms with van der Waals surface area (Å²) in [5.41, 5.74) is -0.710. The van der Waals surface area contributed by atoms with Crippen molar-refractivity contribution in [2.24, 2.45) is 17.8 Å². The number of aliphatic hydroxyl groups is 2. The molecule has 0 bridgehead atoms.